The molecule has 0 atom stereocenters. The van der Waals surface area contributed by atoms with Crippen molar-refractivity contribution in [1.29, 1.82) is 0 Å². The number of aromatic nitrogens is 1. The topological polar surface area (TPSA) is 17.0 Å². The van der Waals surface area contributed by atoms with Crippen LogP contribution >= 0.6 is 0 Å². The van der Waals surface area contributed by atoms with Crippen molar-refractivity contribution in [3.05, 3.63) is 89.1 Å². The van der Waals surface area contributed by atoms with E-state index in [0.29, 0.717) is 0 Å². The Labute approximate surface area is 182 Å². The average Bonchev–Trinajstić information content (AvgIpc) is 3.23. The van der Waals surface area contributed by atoms with E-state index < -0.39 is 0 Å². The van der Waals surface area contributed by atoms with Crippen molar-refractivity contribution in [2.24, 2.45) is 7.05 Å². The van der Waals surface area contributed by atoms with Gasteiger partial charge in [0.15, 0.2) is 6.20 Å². The SMILES string of the molecule is Cc1cc(C)c2c(oc3c4c(ccc32)-c2ccccc2C4(C)C)c1-c1cccc[n+]1C. The van der Waals surface area contributed by atoms with Crippen LogP contribution in [0.3, 0.4) is 0 Å². The molecule has 5 aromatic rings. The molecule has 0 amide bonds. The Morgan fingerprint density at radius 2 is 1.58 bits per heavy atom. The highest BCUT2D eigenvalue weighted by Gasteiger charge is 2.38. The molecule has 0 saturated carbocycles. The molecule has 0 aliphatic heterocycles. The van der Waals surface area contributed by atoms with Gasteiger partial charge in [-0.15, -0.1) is 0 Å². The standard InChI is InChI=1S/C29H26NO/c1-17-16-18(2)25(23-12-8-9-15-30(23)5)28-24(17)21-14-13-20-19-10-6-7-11-22(19)29(3,4)26(20)27(21)31-28/h6-16H,1-5H3/q+1. The average molecular weight is 405 g/mol. The Bertz CT molecular complexity index is 1530. The normalized spacial score (nSPS) is 14.2. The lowest BCUT2D eigenvalue weighted by molar-refractivity contribution is -0.660. The molecule has 3 aromatic carbocycles. The lowest BCUT2D eigenvalue weighted by atomic mass is 9.81. The first kappa shape index (κ1) is 18.4. The van der Waals surface area contributed by atoms with E-state index in [1.165, 1.54) is 55.4 Å². The number of rotatable bonds is 1. The highest BCUT2D eigenvalue weighted by Crippen LogP contribution is 2.53. The molecule has 0 bridgehead atoms. The van der Waals surface area contributed by atoms with Crippen LogP contribution in [-0.2, 0) is 12.5 Å². The minimum atomic E-state index is -0.0974. The molecule has 2 heterocycles. The maximum atomic E-state index is 6.85. The van der Waals surface area contributed by atoms with E-state index in [4.69, 9.17) is 4.42 Å². The van der Waals surface area contributed by atoms with Crippen LogP contribution in [0.5, 0.6) is 0 Å². The van der Waals surface area contributed by atoms with Gasteiger partial charge in [0.05, 0.1) is 5.56 Å². The molecule has 6 rings (SSSR count). The lowest BCUT2D eigenvalue weighted by Gasteiger charge is -2.21. The predicted octanol–water partition coefficient (Wildman–Crippen LogP) is 7.00. The summed E-state index contributed by atoms with van der Waals surface area (Å²) in [5.41, 5.74) is 12.1. The smallest absolute Gasteiger partial charge is 0.216 e. The zero-order valence-corrected chi connectivity index (χ0v) is 18.7. The van der Waals surface area contributed by atoms with E-state index in [9.17, 15) is 0 Å². The summed E-state index contributed by atoms with van der Waals surface area (Å²) >= 11 is 0. The molecule has 0 spiro atoms. The fourth-order valence-electron chi connectivity index (χ4n) is 5.72. The zero-order chi connectivity index (χ0) is 21.5. The third-order valence-corrected chi connectivity index (χ3v) is 7.13. The Hall–Kier alpha value is -3.39. The Morgan fingerprint density at radius 1 is 0.806 bits per heavy atom. The first-order valence-corrected chi connectivity index (χ1v) is 10.9. The molecular weight excluding hydrogens is 378 g/mol. The molecule has 0 N–H and O–H groups in total. The third kappa shape index (κ3) is 2.31. The van der Waals surface area contributed by atoms with Gasteiger partial charge in [0.1, 0.15) is 18.2 Å². The monoisotopic (exact) mass is 404 g/mol. The molecular formula is C29H26NO+. The second kappa shape index (κ2) is 6.07. The highest BCUT2D eigenvalue weighted by atomic mass is 16.3. The summed E-state index contributed by atoms with van der Waals surface area (Å²) in [7, 11) is 2.10. The van der Waals surface area contributed by atoms with Crippen molar-refractivity contribution in [2.75, 3.05) is 0 Å². The Balaban J connectivity index is 1.78. The molecule has 0 saturated heterocycles. The summed E-state index contributed by atoms with van der Waals surface area (Å²) < 4.78 is 9.03. The number of aryl methyl sites for hydroxylation is 3. The summed E-state index contributed by atoms with van der Waals surface area (Å²) in [6, 6.07) is 22.0. The fourth-order valence-corrected chi connectivity index (χ4v) is 5.72. The molecule has 2 aromatic heterocycles. The van der Waals surface area contributed by atoms with Gasteiger partial charge in [-0.3, -0.25) is 0 Å². The van der Waals surface area contributed by atoms with E-state index in [0.717, 1.165) is 11.2 Å². The first-order chi connectivity index (χ1) is 14.9. The molecule has 0 unspecified atom stereocenters. The van der Waals surface area contributed by atoms with Crippen LogP contribution in [0, 0.1) is 13.8 Å². The van der Waals surface area contributed by atoms with Crippen LogP contribution < -0.4 is 4.57 Å². The van der Waals surface area contributed by atoms with E-state index >= 15 is 0 Å². The Morgan fingerprint density at radius 3 is 2.39 bits per heavy atom. The van der Waals surface area contributed by atoms with Crippen molar-refractivity contribution in [2.45, 2.75) is 33.1 Å². The maximum absolute atomic E-state index is 6.85. The van der Waals surface area contributed by atoms with Gasteiger partial charge in [-0.1, -0.05) is 50.2 Å². The van der Waals surface area contributed by atoms with Crippen molar-refractivity contribution >= 4 is 21.9 Å². The number of nitrogens with zero attached hydrogens (tertiary/aromatic N) is 1. The number of hydrogen-bond acceptors (Lipinski definition) is 1. The van der Waals surface area contributed by atoms with Crippen molar-refractivity contribution in [3.63, 3.8) is 0 Å². The number of fused-ring (bicyclic) bond motifs is 7. The summed E-state index contributed by atoms with van der Waals surface area (Å²) in [6.45, 7) is 9.03. The largest absolute Gasteiger partial charge is 0.455 e. The van der Waals surface area contributed by atoms with Gasteiger partial charge in [-0.2, -0.15) is 0 Å². The highest BCUT2D eigenvalue weighted by molar-refractivity contribution is 6.14. The summed E-state index contributed by atoms with van der Waals surface area (Å²) in [5.74, 6) is 0. The maximum Gasteiger partial charge on any atom is 0.216 e. The van der Waals surface area contributed by atoms with Gasteiger partial charge >= 0.3 is 0 Å². The van der Waals surface area contributed by atoms with E-state index in [-0.39, 0.29) is 5.41 Å². The van der Waals surface area contributed by atoms with Gasteiger partial charge in [0.2, 0.25) is 5.69 Å². The van der Waals surface area contributed by atoms with E-state index in [1.54, 1.807) is 0 Å². The van der Waals surface area contributed by atoms with E-state index in [2.05, 4.69) is 106 Å². The Kier molecular flexibility index (Phi) is 3.60. The van der Waals surface area contributed by atoms with Crippen molar-refractivity contribution in [3.8, 4) is 22.4 Å². The number of hydrogen-bond donors (Lipinski definition) is 0. The van der Waals surface area contributed by atoms with Gasteiger partial charge in [-0.25, -0.2) is 4.57 Å². The summed E-state index contributed by atoms with van der Waals surface area (Å²) in [4.78, 5) is 0. The second-order valence-corrected chi connectivity index (χ2v) is 9.42. The minimum Gasteiger partial charge on any atom is -0.455 e. The fraction of sp³-hybridized carbons (Fsp3) is 0.207. The quantitative estimate of drug-likeness (QED) is 0.275. The van der Waals surface area contributed by atoms with Gasteiger partial charge < -0.3 is 4.42 Å². The first-order valence-electron chi connectivity index (χ1n) is 10.9. The predicted molar refractivity (Wildman–Crippen MR) is 127 cm³/mol. The van der Waals surface area contributed by atoms with Crippen molar-refractivity contribution in [1.82, 2.24) is 0 Å². The molecule has 0 radical (unpaired) electrons. The third-order valence-electron chi connectivity index (χ3n) is 7.13. The minimum absolute atomic E-state index is 0.0974. The number of furan rings is 1. The molecule has 0 fully saturated rings. The molecule has 152 valence electrons. The summed E-state index contributed by atoms with van der Waals surface area (Å²) in [5, 5.41) is 2.45. The van der Waals surface area contributed by atoms with Crippen molar-refractivity contribution < 1.29 is 8.98 Å². The van der Waals surface area contributed by atoms with Crippen LogP contribution in [0.1, 0.15) is 36.1 Å². The van der Waals surface area contributed by atoms with Crippen LogP contribution in [0.15, 0.2) is 71.3 Å². The summed E-state index contributed by atoms with van der Waals surface area (Å²) in [6.07, 6.45) is 2.10. The molecule has 1 aliphatic rings. The van der Waals surface area contributed by atoms with E-state index in [1.807, 2.05) is 0 Å². The zero-order valence-electron chi connectivity index (χ0n) is 18.7. The number of benzene rings is 3. The van der Waals surface area contributed by atoms with Crippen LogP contribution in [0.25, 0.3) is 44.3 Å². The lowest BCUT2D eigenvalue weighted by Crippen LogP contribution is -2.30. The van der Waals surface area contributed by atoms with Gasteiger partial charge in [-0.05, 0) is 53.8 Å². The van der Waals surface area contributed by atoms with Crippen LogP contribution in [0.4, 0.5) is 0 Å². The van der Waals surface area contributed by atoms with Crippen LogP contribution in [-0.4, -0.2) is 0 Å². The molecule has 31 heavy (non-hydrogen) atoms. The second-order valence-electron chi connectivity index (χ2n) is 9.42. The number of pyridine rings is 1. The van der Waals surface area contributed by atoms with Gasteiger partial charge in [0.25, 0.3) is 0 Å². The molecule has 2 heteroatoms. The molecule has 1 aliphatic carbocycles. The molecule has 2 nitrogen and oxygen atoms in total. The van der Waals surface area contributed by atoms with Gasteiger partial charge in [0, 0.05) is 33.9 Å². The van der Waals surface area contributed by atoms with Crippen LogP contribution in [0.2, 0.25) is 0 Å².